The topological polar surface area (TPSA) is 67.1 Å². The zero-order valence-corrected chi connectivity index (χ0v) is 15.7. The molecule has 0 radical (unpaired) electrons. The van der Waals surface area contributed by atoms with Crippen LogP contribution in [0.5, 0.6) is 5.75 Å². The second-order valence-corrected chi connectivity index (χ2v) is 6.87. The Morgan fingerprint density at radius 1 is 1.27 bits per heavy atom. The van der Waals surface area contributed by atoms with E-state index in [0.717, 1.165) is 11.0 Å². The Kier molecular flexibility index (Phi) is 5.11. The van der Waals surface area contributed by atoms with Gasteiger partial charge in [-0.2, -0.15) is 0 Å². The number of hydrogen-bond acceptors (Lipinski definition) is 6. The molecule has 1 atom stereocenters. The summed E-state index contributed by atoms with van der Waals surface area (Å²) < 4.78 is 27.6. The normalized spacial score (nSPS) is 18.8. The number of benzene rings is 1. The summed E-state index contributed by atoms with van der Waals surface area (Å²) >= 11 is 0. The maximum Gasteiger partial charge on any atom is 0.494 e. The lowest BCUT2D eigenvalue weighted by atomic mass is 9.79. The van der Waals surface area contributed by atoms with Gasteiger partial charge in [-0.15, -0.1) is 0 Å². The van der Waals surface area contributed by atoms with Crippen LogP contribution in [0.2, 0.25) is 0 Å². The molecular formula is C19H23BO6. The predicted molar refractivity (Wildman–Crippen MR) is 96.7 cm³/mol. The summed E-state index contributed by atoms with van der Waals surface area (Å²) in [5, 5.41) is 0. The number of furan rings is 1. The maximum absolute atomic E-state index is 11.5. The van der Waals surface area contributed by atoms with Crippen LogP contribution in [0.25, 0.3) is 0 Å². The molecule has 1 unspecified atom stereocenters. The molecule has 1 saturated heterocycles. The highest BCUT2D eigenvalue weighted by molar-refractivity contribution is 6.62. The van der Waals surface area contributed by atoms with Gasteiger partial charge < -0.3 is 23.2 Å². The molecule has 0 bridgehead atoms. The van der Waals surface area contributed by atoms with Crippen LogP contribution in [0.15, 0.2) is 34.7 Å². The Morgan fingerprint density at radius 2 is 1.96 bits per heavy atom. The fourth-order valence-electron chi connectivity index (χ4n) is 2.64. The van der Waals surface area contributed by atoms with E-state index in [0.29, 0.717) is 18.1 Å². The van der Waals surface area contributed by atoms with Crippen LogP contribution in [-0.2, 0) is 20.7 Å². The van der Waals surface area contributed by atoms with Crippen LogP contribution >= 0.6 is 0 Å². The van der Waals surface area contributed by atoms with E-state index >= 15 is 0 Å². The van der Waals surface area contributed by atoms with Gasteiger partial charge in [-0.25, -0.2) is 4.79 Å². The zero-order valence-electron chi connectivity index (χ0n) is 15.7. The van der Waals surface area contributed by atoms with Crippen molar-refractivity contribution in [2.24, 2.45) is 0 Å². The van der Waals surface area contributed by atoms with Gasteiger partial charge in [-0.1, -0.05) is 12.1 Å². The van der Waals surface area contributed by atoms with E-state index in [1.165, 1.54) is 7.11 Å². The summed E-state index contributed by atoms with van der Waals surface area (Å²) in [4.78, 5) is 11.5. The first-order chi connectivity index (χ1) is 12.3. The van der Waals surface area contributed by atoms with Gasteiger partial charge in [0.15, 0.2) is 0 Å². The molecule has 1 aliphatic rings. The van der Waals surface area contributed by atoms with Gasteiger partial charge in [-0.05, 0) is 51.4 Å². The van der Waals surface area contributed by atoms with Crippen molar-refractivity contribution in [1.29, 1.82) is 0 Å². The quantitative estimate of drug-likeness (QED) is 0.605. The Balaban J connectivity index is 1.62. The summed E-state index contributed by atoms with van der Waals surface area (Å²) in [5.74, 6) is 1.01. The third kappa shape index (κ3) is 3.79. The molecule has 2 aromatic rings. The molecule has 1 fully saturated rings. The van der Waals surface area contributed by atoms with Crippen molar-refractivity contribution in [3.63, 3.8) is 0 Å². The minimum Gasteiger partial charge on any atom is -0.489 e. The van der Waals surface area contributed by atoms with Gasteiger partial charge in [-0.3, -0.25) is 0 Å². The average Bonchev–Trinajstić information content (AvgIpc) is 3.12. The number of rotatable bonds is 5. The van der Waals surface area contributed by atoms with E-state index in [2.05, 4.69) is 4.74 Å². The van der Waals surface area contributed by atoms with Gasteiger partial charge in [0.05, 0.1) is 18.8 Å². The smallest absolute Gasteiger partial charge is 0.489 e. The van der Waals surface area contributed by atoms with Crippen molar-refractivity contribution in [2.75, 3.05) is 7.11 Å². The van der Waals surface area contributed by atoms with E-state index in [4.69, 9.17) is 18.5 Å². The number of methoxy groups -OCH3 is 1. The van der Waals surface area contributed by atoms with Crippen molar-refractivity contribution in [3.8, 4) is 5.75 Å². The highest BCUT2D eigenvalue weighted by atomic mass is 16.7. The van der Waals surface area contributed by atoms with Crippen LogP contribution < -0.4 is 10.2 Å². The van der Waals surface area contributed by atoms with E-state index < -0.39 is 5.97 Å². The van der Waals surface area contributed by atoms with Crippen LogP contribution in [-0.4, -0.2) is 31.9 Å². The lowest BCUT2D eigenvalue weighted by Gasteiger charge is -2.21. The van der Waals surface area contributed by atoms with Crippen molar-refractivity contribution in [1.82, 2.24) is 0 Å². The van der Waals surface area contributed by atoms with Crippen LogP contribution in [0.3, 0.4) is 0 Å². The first-order valence-corrected chi connectivity index (χ1v) is 8.54. The standard InChI is InChI=1S/C19H23BO6/c1-12-14(10-17(24-12)18(21)22-5)11-23-16-8-6-15(7-9-16)20-25-13(2)19(3,4)26-20/h6-10,13H,11H2,1-5H3. The summed E-state index contributed by atoms with van der Waals surface area (Å²) in [7, 11) is 0.949. The molecule has 138 valence electrons. The molecule has 1 aliphatic heterocycles. The Morgan fingerprint density at radius 3 is 2.54 bits per heavy atom. The van der Waals surface area contributed by atoms with E-state index in [9.17, 15) is 4.79 Å². The van der Waals surface area contributed by atoms with E-state index in [1.807, 2.05) is 45.0 Å². The lowest BCUT2D eigenvalue weighted by Crippen LogP contribution is -2.34. The second kappa shape index (κ2) is 7.17. The minimum atomic E-state index is -0.502. The number of ether oxygens (including phenoxy) is 2. The highest BCUT2D eigenvalue weighted by Crippen LogP contribution is 2.27. The molecular weight excluding hydrogens is 335 g/mol. The zero-order chi connectivity index (χ0) is 18.9. The van der Waals surface area contributed by atoms with Gasteiger partial charge in [0, 0.05) is 5.56 Å². The van der Waals surface area contributed by atoms with Crippen LogP contribution in [0.1, 0.15) is 42.6 Å². The minimum absolute atomic E-state index is 0.0245. The molecule has 1 aromatic heterocycles. The molecule has 1 aromatic carbocycles. The Hall–Kier alpha value is -2.25. The number of carbonyl (C=O) groups is 1. The van der Waals surface area contributed by atoms with Gasteiger partial charge >= 0.3 is 13.1 Å². The molecule has 26 heavy (non-hydrogen) atoms. The van der Waals surface area contributed by atoms with Crippen molar-refractivity contribution >= 4 is 18.6 Å². The summed E-state index contributed by atoms with van der Waals surface area (Å²) in [6.45, 7) is 8.13. The summed E-state index contributed by atoms with van der Waals surface area (Å²) in [6.07, 6.45) is 0.0245. The average molecular weight is 358 g/mol. The number of hydrogen-bond donors (Lipinski definition) is 0. The second-order valence-electron chi connectivity index (χ2n) is 6.87. The van der Waals surface area contributed by atoms with Crippen LogP contribution in [0, 0.1) is 6.92 Å². The largest absolute Gasteiger partial charge is 0.494 e. The molecule has 6 nitrogen and oxygen atoms in total. The SMILES string of the molecule is COC(=O)c1cc(COc2ccc(B3OC(C)C(C)(C)O3)cc2)c(C)o1. The molecule has 0 spiro atoms. The van der Waals surface area contributed by atoms with Gasteiger partial charge in [0.25, 0.3) is 0 Å². The molecule has 0 aliphatic carbocycles. The number of carbonyl (C=O) groups excluding carboxylic acids is 1. The molecule has 2 heterocycles. The number of aryl methyl sites for hydroxylation is 1. The lowest BCUT2D eigenvalue weighted by molar-refractivity contribution is 0.0563. The van der Waals surface area contributed by atoms with Gasteiger partial charge in [0.1, 0.15) is 18.1 Å². The monoisotopic (exact) mass is 358 g/mol. The predicted octanol–water partition coefficient (Wildman–Crippen LogP) is 2.86. The van der Waals surface area contributed by atoms with Crippen molar-refractivity contribution in [2.45, 2.75) is 46.0 Å². The highest BCUT2D eigenvalue weighted by Gasteiger charge is 2.43. The Labute approximate surface area is 153 Å². The third-order valence-electron chi connectivity index (χ3n) is 4.67. The fourth-order valence-corrected chi connectivity index (χ4v) is 2.64. The van der Waals surface area contributed by atoms with E-state index in [-0.39, 0.29) is 24.6 Å². The van der Waals surface area contributed by atoms with Crippen molar-refractivity contribution < 1.29 is 28.0 Å². The van der Waals surface area contributed by atoms with Gasteiger partial charge in [0.2, 0.25) is 5.76 Å². The first kappa shape index (κ1) is 18.5. The third-order valence-corrected chi connectivity index (χ3v) is 4.67. The molecule has 0 N–H and O–H groups in total. The first-order valence-electron chi connectivity index (χ1n) is 8.54. The fraction of sp³-hybridized carbons (Fsp3) is 0.421. The maximum atomic E-state index is 11.5. The van der Waals surface area contributed by atoms with Crippen LogP contribution in [0.4, 0.5) is 0 Å². The number of esters is 1. The summed E-state index contributed by atoms with van der Waals surface area (Å²) in [6, 6.07) is 9.23. The molecule has 0 amide bonds. The van der Waals surface area contributed by atoms with Crippen molar-refractivity contribution in [3.05, 3.63) is 47.4 Å². The summed E-state index contributed by atoms with van der Waals surface area (Å²) in [5.41, 5.74) is 1.44. The van der Waals surface area contributed by atoms with E-state index in [1.54, 1.807) is 13.0 Å². The Bertz CT molecular complexity index is 780. The molecule has 7 heteroatoms. The molecule has 0 saturated carbocycles. The molecule has 3 rings (SSSR count).